The summed E-state index contributed by atoms with van der Waals surface area (Å²) in [5, 5.41) is 0. The molecule has 3 nitrogen and oxygen atoms in total. The van der Waals surface area contributed by atoms with E-state index in [9.17, 15) is 0 Å². The Bertz CT molecular complexity index is 104. The molecule has 1 aliphatic rings. The topological polar surface area (TPSA) is 55.3 Å². The maximum atomic E-state index is 5.61. The van der Waals surface area contributed by atoms with Gasteiger partial charge < -0.3 is 16.4 Å². The number of nitrogens with two attached hydrogens (primary N) is 2. The Kier molecular flexibility index (Phi) is 3.30. The van der Waals surface area contributed by atoms with Crippen LogP contribution in [0, 0.1) is 11.8 Å². The van der Waals surface area contributed by atoms with E-state index in [1.807, 2.05) is 0 Å². The molecule has 1 fully saturated rings. The lowest BCUT2D eigenvalue weighted by molar-refractivity contribution is 0.159. The van der Waals surface area contributed by atoms with Crippen molar-refractivity contribution in [1.29, 1.82) is 0 Å². The molecule has 0 radical (unpaired) electrons. The first kappa shape index (κ1) is 8.97. The van der Waals surface area contributed by atoms with E-state index in [1.165, 1.54) is 6.42 Å². The Morgan fingerprint density at radius 2 is 1.64 bits per heavy atom. The second-order valence-corrected chi connectivity index (χ2v) is 3.66. The largest absolute Gasteiger partial charge is 0.330 e. The van der Waals surface area contributed by atoms with Crippen molar-refractivity contribution in [1.82, 2.24) is 4.90 Å². The van der Waals surface area contributed by atoms with Crippen LogP contribution in [0.15, 0.2) is 0 Å². The predicted molar refractivity (Wildman–Crippen MR) is 47.2 cm³/mol. The number of nitrogens with zero attached hydrogens (tertiary/aromatic N) is 1. The molecule has 0 spiro atoms. The summed E-state index contributed by atoms with van der Waals surface area (Å²) in [6, 6.07) is 0. The van der Waals surface area contributed by atoms with Crippen molar-refractivity contribution in [3.05, 3.63) is 0 Å². The summed E-state index contributed by atoms with van der Waals surface area (Å²) in [7, 11) is 2.14. The Labute approximate surface area is 68.7 Å². The smallest absolute Gasteiger partial charge is 0.00189 e. The first-order valence-corrected chi connectivity index (χ1v) is 4.35. The lowest BCUT2D eigenvalue weighted by Gasteiger charge is -2.34. The van der Waals surface area contributed by atoms with Crippen molar-refractivity contribution in [2.45, 2.75) is 6.42 Å². The number of piperidine rings is 1. The van der Waals surface area contributed by atoms with Gasteiger partial charge in [0.2, 0.25) is 0 Å². The quantitative estimate of drug-likeness (QED) is 0.566. The summed E-state index contributed by atoms with van der Waals surface area (Å²) in [5.41, 5.74) is 11.2. The molecule has 2 unspecified atom stereocenters. The molecule has 1 saturated heterocycles. The van der Waals surface area contributed by atoms with Gasteiger partial charge in [-0.05, 0) is 38.4 Å². The van der Waals surface area contributed by atoms with Gasteiger partial charge in [-0.3, -0.25) is 0 Å². The molecule has 3 heteroatoms. The van der Waals surface area contributed by atoms with Crippen molar-refractivity contribution >= 4 is 0 Å². The number of rotatable bonds is 2. The molecule has 1 aliphatic heterocycles. The van der Waals surface area contributed by atoms with Crippen LogP contribution in [0.5, 0.6) is 0 Å². The van der Waals surface area contributed by atoms with Gasteiger partial charge in [-0.1, -0.05) is 0 Å². The lowest BCUT2D eigenvalue weighted by atomic mass is 9.90. The van der Waals surface area contributed by atoms with Gasteiger partial charge in [0.15, 0.2) is 0 Å². The maximum Gasteiger partial charge on any atom is 0.00189 e. The minimum atomic E-state index is 0.669. The fraction of sp³-hybridized carbons (Fsp3) is 1.00. The zero-order valence-electron chi connectivity index (χ0n) is 7.29. The lowest BCUT2D eigenvalue weighted by Crippen LogP contribution is -2.42. The molecule has 1 rings (SSSR count). The summed E-state index contributed by atoms with van der Waals surface area (Å²) in [6.45, 7) is 3.90. The molecule has 11 heavy (non-hydrogen) atoms. The molecule has 0 aromatic rings. The van der Waals surface area contributed by atoms with Crippen molar-refractivity contribution in [2.75, 3.05) is 33.2 Å². The fourth-order valence-electron chi connectivity index (χ4n) is 1.92. The van der Waals surface area contributed by atoms with Crippen LogP contribution >= 0.6 is 0 Å². The number of likely N-dealkylation sites (tertiary alicyclic amines) is 1. The van der Waals surface area contributed by atoms with Gasteiger partial charge in [0.05, 0.1) is 0 Å². The summed E-state index contributed by atoms with van der Waals surface area (Å²) in [6.07, 6.45) is 1.22. The summed E-state index contributed by atoms with van der Waals surface area (Å²) < 4.78 is 0. The molecule has 0 amide bonds. The second-order valence-electron chi connectivity index (χ2n) is 3.66. The van der Waals surface area contributed by atoms with Crippen LogP contribution in [0.4, 0.5) is 0 Å². The van der Waals surface area contributed by atoms with Gasteiger partial charge in [0.25, 0.3) is 0 Å². The molecular weight excluding hydrogens is 138 g/mol. The zero-order valence-corrected chi connectivity index (χ0v) is 7.29. The molecule has 0 saturated carbocycles. The van der Waals surface area contributed by atoms with Crippen molar-refractivity contribution < 1.29 is 0 Å². The number of hydrogen-bond acceptors (Lipinski definition) is 3. The third kappa shape index (κ3) is 2.43. The highest BCUT2D eigenvalue weighted by atomic mass is 15.1. The Hall–Kier alpha value is -0.120. The van der Waals surface area contributed by atoms with E-state index < -0.39 is 0 Å². The predicted octanol–water partition coefficient (Wildman–Crippen LogP) is -0.528. The Balaban J connectivity index is 2.37. The minimum absolute atomic E-state index is 0.669. The summed E-state index contributed by atoms with van der Waals surface area (Å²) in [4.78, 5) is 2.33. The number of hydrogen-bond donors (Lipinski definition) is 2. The maximum absolute atomic E-state index is 5.61. The molecule has 66 valence electrons. The van der Waals surface area contributed by atoms with Crippen molar-refractivity contribution in [3.8, 4) is 0 Å². The molecular formula is C8H19N3. The van der Waals surface area contributed by atoms with Crippen molar-refractivity contribution in [2.24, 2.45) is 23.3 Å². The first-order chi connectivity index (χ1) is 5.26. The minimum Gasteiger partial charge on any atom is -0.330 e. The Morgan fingerprint density at radius 3 is 2.00 bits per heavy atom. The van der Waals surface area contributed by atoms with E-state index in [2.05, 4.69) is 11.9 Å². The summed E-state index contributed by atoms with van der Waals surface area (Å²) in [5.74, 6) is 1.34. The molecule has 0 aliphatic carbocycles. The molecule has 0 bridgehead atoms. The van der Waals surface area contributed by atoms with Crippen LogP contribution in [-0.2, 0) is 0 Å². The second kappa shape index (κ2) is 4.04. The van der Waals surface area contributed by atoms with E-state index >= 15 is 0 Å². The highest BCUT2D eigenvalue weighted by molar-refractivity contribution is 4.78. The van der Waals surface area contributed by atoms with E-state index in [0.717, 1.165) is 26.2 Å². The van der Waals surface area contributed by atoms with Gasteiger partial charge in [0.1, 0.15) is 0 Å². The normalized spacial score (nSPS) is 34.1. The third-order valence-corrected chi connectivity index (χ3v) is 2.47. The van der Waals surface area contributed by atoms with Crippen LogP contribution in [0.1, 0.15) is 6.42 Å². The molecule has 0 aromatic carbocycles. The van der Waals surface area contributed by atoms with Crippen LogP contribution in [0.3, 0.4) is 0 Å². The van der Waals surface area contributed by atoms with Gasteiger partial charge in [-0.15, -0.1) is 0 Å². The van der Waals surface area contributed by atoms with Gasteiger partial charge in [-0.2, -0.15) is 0 Å². The van der Waals surface area contributed by atoms with Crippen LogP contribution < -0.4 is 11.5 Å². The Morgan fingerprint density at radius 1 is 1.18 bits per heavy atom. The van der Waals surface area contributed by atoms with Gasteiger partial charge in [-0.25, -0.2) is 0 Å². The van der Waals surface area contributed by atoms with Crippen LogP contribution in [-0.4, -0.2) is 38.1 Å². The van der Waals surface area contributed by atoms with Gasteiger partial charge >= 0.3 is 0 Å². The average Bonchev–Trinajstić information content (AvgIpc) is 2.03. The molecule has 4 N–H and O–H groups in total. The zero-order chi connectivity index (χ0) is 8.27. The molecule has 1 heterocycles. The molecule has 2 atom stereocenters. The van der Waals surface area contributed by atoms with E-state index in [4.69, 9.17) is 11.5 Å². The monoisotopic (exact) mass is 157 g/mol. The highest BCUT2D eigenvalue weighted by Crippen LogP contribution is 2.18. The van der Waals surface area contributed by atoms with E-state index in [1.54, 1.807) is 0 Å². The highest BCUT2D eigenvalue weighted by Gasteiger charge is 2.22. The first-order valence-electron chi connectivity index (χ1n) is 4.35. The van der Waals surface area contributed by atoms with E-state index in [-0.39, 0.29) is 0 Å². The van der Waals surface area contributed by atoms with Crippen LogP contribution in [0.25, 0.3) is 0 Å². The van der Waals surface area contributed by atoms with Gasteiger partial charge in [0, 0.05) is 13.1 Å². The fourth-order valence-corrected chi connectivity index (χ4v) is 1.92. The summed E-state index contributed by atoms with van der Waals surface area (Å²) >= 11 is 0. The SMILES string of the molecule is CN1CC(CN)CC(CN)C1. The average molecular weight is 157 g/mol. The molecule has 0 aromatic heterocycles. The van der Waals surface area contributed by atoms with E-state index in [0.29, 0.717) is 11.8 Å². The van der Waals surface area contributed by atoms with Crippen molar-refractivity contribution in [3.63, 3.8) is 0 Å². The third-order valence-electron chi connectivity index (χ3n) is 2.47. The standard InChI is InChI=1S/C8H19N3/c1-11-5-7(3-9)2-8(4-10)6-11/h7-8H,2-6,9-10H2,1H3. The van der Waals surface area contributed by atoms with Crippen LogP contribution in [0.2, 0.25) is 0 Å².